The van der Waals surface area contributed by atoms with Gasteiger partial charge in [0, 0.05) is 20.0 Å². The predicted molar refractivity (Wildman–Crippen MR) is 49.6 cm³/mol. The first-order chi connectivity index (χ1) is 6.74. The number of rotatable bonds is 1. The molecule has 1 aliphatic rings. The third kappa shape index (κ3) is 1.29. The van der Waals surface area contributed by atoms with Gasteiger partial charge in [-0.05, 0) is 7.05 Å². The Balaban J connectivity index is 2.40. The molecule has 0 radical (unpaired) electrons. The van der Waals surface area contributed by atoms with Crippen molar-refractivity contribution in [1.82, 2.24) is 15.2 Å². The molecule has 0 spiro atoms. The van der Waals surface area contributed by atoms with Gasteiger partial charge in [-0.25, -0.2) is 4.98 Å². The van der Waals surface area contributed by atoms with Gasteiger partial charge >= 0.3 is 0 Å². The van der Waals surface area contributed by atoms with Gasteiger partial charge in [0.2, 0.25) is 5.91 Å². The highest BCUT2D eigenvalue weighted by Gasteiger charge is 2.31. The van der Waals surface area contributed by atoms with E-state index in [1.54, 1.807) is 19.0 Å². The SMILES string of the molecule is CNC1C(=O)N(C)CCc2ncoc21. The van der Waals surface area contributed by atoms with E-state index in [0.717, 1.165) is 12.1 Å². The number of oxazole rings is 1. The fourth-order valence-corrected chi connectivity index (χ4v) is 1.67. The fourth-order valence-electron chi connectivity index (χ4n) is 1.67. The van der Waals surface area contributed by atoms with Crippen LogP contribution in [0.25, 0.3) is 0 Å². The second-order valence-electron chi connectivity index (χ2n) is 3.39. The van der Waals surface area contributed by atoms with Crippen molar-refractivity contribution >= 4 is 5.91 Å². The van der Waals surface area contributed by atoms with Crippen LogP contribution in [0.4, 0.5) is 0 Å². The molecule has 1 aromatic rings. The van der Waals surface area contributed by atoms with Gasteiger partial charge in [0.25, 0.3) is 0 Å². The van der Waals surface area contributed by atoms with Gasteiger partial charge in [0.1, 0.15) is 6.04 Å². The Labute approximate surface area is 82.1 Å². The lowest BCUT2D eigenvalue weighted by Gasteiger charge is -2.18. The Bertz CT molecular complexity index is 348. The molecule has 1 amide bonds. The monoisotopic (exact) mass is 195 g/mol. The molecule has 0 saturated heterocycles. The minimum Gasteiger partial charge on any atom is -0.446 e. The topological polar surface area (TPSA) is 58.4 Å². The Morgan fingerprint density at radius 2 is 2.50 bits per heavy atom. The van der Waals surface area contributed by atoms with E-state index in [1.807, 2.05) is 0 Å². The summed E-state index contributed by atoms with van der Waals surface area (Å²) in [5.74, 6) is 0.685. The normalized spacial score (nSPS) is 22.0. The Morgan fingerprint density at radius 1 is 1.71 bits per heavy atom. The van der Waals surface area contributed by atoms with Gasteiger partial charge in [-0.15, -0.1) is 0 Å². The van der Waals surface area contributed by atoms with Crippen LogP contribution in [0, 0.1) is 0 Å². The molecule has 1 aliphatic heterocycles. The maximum absolute atomic E-state index is 11.8. The number of carbonyl (C=O) groups is 1. The van der Waals surface area contributed by atoms with E-state index in [0.29, 0.717) is 12.3 Å². The van der Waals surface area contributed by atoms with Crippen molar-refractivity contribution in [2.45, 2.75) is 12.5 Å². The number of hydrogen-bond donors (Lipinski definition) is 1. The highest BCUT2D eigenvalue weighted by atomic mass is 16.3. The number of amides is 1. The van der Waals surface area contributed by atoms with Crippen LogP contribution in [0.5, 0.6) is 0 Å². The molecule has 5 nitrogen and oxygen atoms in total. The molecule has 0 saturated carbocycles. The molecule has 1 aromatic heterocycles. The first-order valence-corrected chi connectivity index (χ1v) is 4.58. The van der Waals surface area contributed by atoms with Crippen LogP contribution >= 0.6 is 0 Å². The quantitative estimate of drug-likeness (QED) is 0.682. The number of hydrogen-bond acceptors (Lipinski definition) is 4. The predicted octanol–water partition coefficient (Wildman–Crippen LogP) is -0.0504. The van der Waals surface area contributed by atoms with Crippen molar-refractivity contribution < 1.29 is 9.21 Å². The lowest BCUT2D eigenvalue weighted by Crippen LogP contribution is -2.36. The Morgan fingerprint density at radius 3 is 3.21 bits per heavy atom. The first-order valence-electron chi connectivity index (χ1n) is 4.58. The van der Waals surface area contributed by atoms with Crippen molar-refractivity contribution in [3.05, 3.63) is 17.8 Å². The summed E-state index contributed by atoms with van der Waals surface area (Å²) in [6.07, 6.45) is 2.15. The Hall–Kier alpha value is -1.36. The molecule has 0 aromatic carbocycles. The molecule has 1 atom stereocenters. The maximum atomic E-state index is 11.8. The molecule has 2 rings (SSSR count). The zero-order chi connectivity index (χ0) is 10.1. The lowest BCUT2D eigenvalue weighted by molar-refractivity contribution is -0.132. The van der Waals surface area contributed by atoms with Crippen molar-refractivity contribution in [1.29, 1.82) is 0 Å². The first kappa shape index (κ1) is 9.21. The van der Waals surface area contributed by atoms with E-state index < -0.39 is 0 Å². The van der Waals surface area contributed by atoms with Crippen LogP contribution in [0.2, 0.25) is 0 Å². The van der Waals surface area contributed by atoms with E-state index in [9.17, 15) is 4.79 Å². The molecule has 14 heavy (non-hydrogen) atoms. The summed E-state index contributed by atoms with van der Waals surface area (Å²) < 4.78 is 5.24. The van der Waals surface area contributed by atoms with Crippen LogP contribution in [-0.4, -0.2) is 36.4 Å². The summed E-state index contributed by atoms with van der Waals surface area (Å²) in [5, 5.41) is 2.94. The minimum absolute atomic E-state index is 0.0306. The third-order valence-corrected chi connectivity index (χ3v) is 2.53. The minimum atomic E-state index is -0.389. The van der Waals surface area contributed by atoms with Crippen LogP contribution in [-0.2, 0) is 11.2 Å². The van der Waals surface area contributed by atoms with Gasteiger partial charge in [-0.1, -0.05) is 0 Å². The molecule has 0 aliphatic carbocycles. The molecule has 0 fully saturated rings. The van der Waals surface area contributed by atoms with E-state index in [4.69, 9.17) is 4.42 Å². The summed E-state index contributed by atoms with van der Waals surface area (Å²) >= 11 is 0. The largest absolute Gasteiger partial charge is 0.446 e. The van der Waals surface area contributed by atoms with Gasteiger partial charge in [-0.2, -0.15) is 0 Å². The smallest absolute Gasteiger partial charge is 0.247 e. The number of aromatic nitrogens is 1. The molecule has 0 bridgehead atoms. The van der Waals surface area contributed by atoms with Crippen LogP contribution in [0.15, 0.2) is 10.8 Å². The van der Waals surface area contributed by atoms with E-state index in [1.165, 1.54) is 6.39 Å². The second kappa shape index (κ2) is 3.42. The van der Waals surface area contributed by atoms with Crippen molar-refractivity contribution in [2.24, 2.45) is 0 Å². The highest BCUT2D eigenvalue weighted by molar-refractivity contribution is 5.83. The maximum Gasteiger partial charge on any atom is 0.247 e. The van der Waals surface area contributed by atoms with Crippen molar-refractivity contribution in [2.75, 3.05) is 20.6 Å². The third-order valence-electron chi connectivity index (χ3n) is 2.53. The van der Waals surface area contributed by atoms with E-state index in [-0.39, 0.29) is 11.9 Å². The molecular formula is C9H13N3O2. The fraction of sp³-hybridized carbons (Fsp3) is 0.556. The summed E-state index contributed by atoms with van der Waals surface area (Å²) in [5.41, 5.74) is 0.877. The number of nitrogens with one attached hydrogen (secondary N) is 1. The number of carbonyl (C=O) groups excluding carboxylic acids is 1. The average Bonchev–Trinajstić information content (AvgIpc) is 2.59. The summed E-state index contributed by atoms with van der Waals surface area (Å²) in [7, 11) is 3.53. The second-order valence-corrected chi connectivity index (χ2v) is 3.39. The molecule has 1 N–H and O–H groups in total. The molecule has 2 heterocycles. The average molecular weight is 195 g/mol. The summed E-state index contributed by atoms with van der Waals surface area (Å²) in [4.78, 5) is 17.6. The summed E-state index contributed by atoms with van der Waals surface area (Å²) in [6.45, 7) is 0.691. The molecule has 76 valence electrons. The zero-order valence-corrected chi connectivity index (χ0v) is 8.28. The Kier molecular flexibility index (Phi) is 2.25. The standard InChI is InChI=1S/C9H13N3O2/c1-10-7-8-6(11-5-14-8)3-4-12(2)9(7)13/h5,7,10H,3-4H2,1-2H3. The highest BCUT2D eigenvalue weighted by Crippen LogP contribution is 2.22. The van der Waals surface area contributed by atoms with Crippen molar-refractivity contribution in [3.63, 3.8) is 0 Å². The van der Waals surface area contributed by atoms with Gasteiger partial charge < -0.3 is 14.6 Å². The van der Waals surface area contributed by atoms with Gasteiger partial charge in [-0.3, -0.25) is 4.79 Å². The van der Waals surface area contributed by atoms with Crippen LogP contribution < -0.4 is 5.32 Å². The number of likely N-dealkylation sites (N-methyl/N-ethyl adjacent to an activating group) is 2. The summed E-state index contributed by atoms with van der Waals surface area (Å²) in [6, 6.07) is -0.389. The number of fused-ring (bicyclic) bond motifs is 1. The van der Waals surface area contributed by atoms with Crippen molar-refractivity contribution in [3.8, 4) is 0 Å². The van der Waals surface area contributed by atoms with E-state index >= 15 is 0 Å². The lowest BCUT2D eigenvalue weighted by atomic mass is 10.2. The van der Waals surface area contributed by atoms with Gasteiger partial charge in [0.05, 0.1) is 5.69 Å². The zero-order valence-electron chi connectivity index (χ0n) is 8.28. The molecular weight excluding hydrogens is 182 g/mol. The van der Waals surface area contributed by atoms with E-state index in [2.05, 4.69) is 10.3 Å². The molecule has 1 unspecified atom stereocenters. The van der Waals surface area contributed by atoms with Crippen LogP contribution in [0.1, 0.15) is 17.5 Å². The van der Waals surface area contributed by atoms with Crippen LogP contribution in [0.3, 0.4) is 0 Å². The number of nitrogens with zero attached hydrogens (tertiary/aromatic N) is 2. The van der Waals surface area contributed by atoms with Gasteiger partial charge in [0.15, 0.2) is 12.2 Å². The molecule has 5 heteroatoms.